The van der Waals surface area contributed by atoms with Gasteiger partial charge in [-0.3, -0.25) is 4.31 Å². The molecule has 0 saturated heterocycles. The van der Waals surface area contributed by atoms with Gasteiger partial charge in [0.2, 0.25) is 0 Å². The van der Waals surface area contributed by atoms with Crippen molar-refractivity contribution in [2.45, 2.75) is 18.7 Å². The Balaban J connectivity index is 2.39. The fourth-order valence-electron chi connectivity index (χ4n) is 2.30. The summed E-state index contributed by atoms with van der Waals surface area (Å²) in [6.45, 7) is 4.33. The van der Waals surface area contributed by atoms with Crippen LogP contribution >= 0.6 is 0 Å². The van der Waals surface area contributed by atoms with Crippen molar-refractivity contribution in [2.75, 3.05) is 24.6 Å². The van der Waals surface area contributed by atoms with Crippen molar-refractivity contribution < 1.29 is 22.3 Å². The van der Waals surface area contributed by atoms with Crippen molar-refractivity contribution in [3.8, 4) is 11.5 Å². The zero-order valence-electron chi connectivity index (χ0n) is 13.8. The number of ether oxygens (including phenoxy) is 2. The molecule has 0 heterocycles. The first-order valence-electron chi connectivity index (χ1n) is 7.53. The Bertz CT molecular complexity index is 791. The van der Waals surface area contributed by atoms with Crippen LogP contribution in [0, 0.1) is 5.82 Å². The largest absolute Gasteiger partial charge is 0.494 e. The highest BCUT2D eigenvalue weighted by atomic mass is 32.2. The first-order valence-corrected chi connectivity index (χ1v) is 8.97. The Labute approximate surface area is 141 Å². The van der Waals surface area contributed by atoms with E-state index in [2.05, 4.69) is 0 Å². The van der Waals surface area contributed by atoms with Crippen molar-refractivity contribution in [3.63, 3.8) is 0 Å². The Morgan fingerprint density at radius 3 is 2.25 bits per heavy atom. The summed E-state index contributed by atoms with van der Waals surface area (Å²) in [4.78, 5) is -0.128. The highest BCUT2D eigenvalue weighted by Crippen LogP contribution is 2.28. The van der Waals surface area contributed by atoms with Gasteiger partial charge in [0.15, 0.2) is 11.6 Å². The summed E-state index contributed by atoms with van der Waals surface area (Å²) >= 11 is 0. The van der Waals surface area contributed by atoms with E-state index in [4.69, 9.17) is 9.47 Å². The molecule has 7 heteroatoms. The van der Waals surface area contributed by atoms with E-state index in [1.807, 2.05) is 6.92 Å². The minimum Gasteiger partial charge on any atom is -0.494 e. The summed E-state index contributed by atoms with van der Waals surface area (Å²) in [6, 6.07) is 10.3. The number of methoxy groups -OCH3 is 1. The molecular formula is C17H20FNO4S. The van der Waals surface area contributed by atoms with Gasteiger partial charge in [0, 0.05) is 6.54 Å². The maximum atomic E-state index is 13.9. The fraction of sp³-hybridized carbons (Fsp3) is 0.294. The molecule has 5 nitrogen and oxygen atoms in total. The van der Waals surface area contributed by atoms with Crippen molar-refractivity contribution in [1.29, 1.82) is 0 Å². The Kier molecular flexibility index (Phi) is 5.66. The average Bonchev–Trinajstić information content (AvgIpc) is 2.57. The van der Waals surface area contributed by atoms with E-state index in [0.717, 1.165) is 6.07 Å². The predicted octanol–water partition coefficient (Wildman–Crippen LogP) is 3.45. The van der Waals surface area contributed by atoms with E-state index in [-0.39, 0.29) is 17.2 Å². The molecule has 0 aromatic heterocycles. The Morgan fingerprint density at radius 1 is 1.08 bits per heavy atom. The summed E-state index contributed by atoms with van der Waals surface area (Å²) < 4.78 is 50.9. The monoisotopic (exact) mass is 353 g/mol. The SMILES string of the molecule is CCOc1ccc(N(CC)S(=O)(=O)c2ccc(OC)c(F)c2)cc1. The highest BCUT2D eigenvalue weighted by Gasteiger charge is 2.24. The quantitative estimate of drug-likeness (QED) is 0.765. The van der Waals surface area contributed by atoms with Crippen LogP contribution in [0.4, 0.5) is 10.1 Å². The molecular weight excluding hydrogens is 333 g/mol. The second-order valence-electron chi connectivity index (χ2n) is 4.89. The smallest absolute Gasteiger partial charge is 0.264 e. The molecule has 0 amide bonds. The summed E-state index contributed by atoms with van der Waals surface area (Å²) in [5, 5.41) is 0. The topological polar surface area (TPSA) is 55.8 Å². The predicted molar refractivity (Wildman–Crippen MR) is 90.8 cm³/mol. The molecule has 24 heavy (non-hydrogen) atoms. The maximum Gasteiger partial charge on any atom is 0.264 e. The van der Waals surface area contributed by atoms with Gasteiger partial charge in [-0.25, -0.2) is 12.8 Å². The van der Waals surface area contributed by atoms with Gasteiger partial charge in [0.05, 0.1) is 24.3 Å². The molecule has 0 aliphatic carbocycles. The van der Waals surface area contributed by atoms with Crippen molar-refractivity contribution in [1.82, 2.24) is 0 Å². The second kappa shape index (κ2) is 7.53. The van der Waals surface area contributed by atoms with E-state index in [1.165, 1.54) is 23.5 Å². The molecule has 0 fully saturated rings. The number of benzene rings is 2. The van der Waals surface area contributed by atoms with Crippen LogP contribution in [0.3, 0.4) is 0 Å². The van der Waals surface area contributed by atoms with Crippen LogP contribution in [0.15, 0.2) is 47.4 Å². The molecule has 0 unspecified atom stereocenters. The lowest BCUT2D eigenvalue weighted by Gasteiger charge is -2.23. The summed E-state index contributed by atoms with van der Waals surface area (Å²) in [5.41, 5.74) is 0.483. The van der Waals surface area contributed by atoms with Crippen molar-refractivity contribution in [3.05, 3.63) is 48.3 Å². The van der Waals surface area contributed by atoms with E-state index in [0.29, 0.717) is 18.0 Å². The average molecular weight is 353 g/mol. The summed E-state index contributed by atoms with van der Waals surface area (Å²) in [5.74, 6) is -0.0652. The summed E-state index contributed by atoms with van der Waals surface area (Å²) in [6.07, 6.45) is 0. The van der Waals surface area contributed by atoms with Crippen LogP contribution in [-0.4, -0.2) is 28.7 Å². The maximum absolute atomic E-state index is 13.9. The highest BCUT2D eigenvalue weighted by molar-refractivity contribution is 7.92. The lowest BCUT2D eigenvalue weighted by atomic mass is 10.3. The third kappa shape index (κ3) is 3.62. The van der Waals surface area contributed by atoms with Gasteiger partial charge in [0.1, 0.15) is 5.75 Å². The number of hydrogen-bond acceptors (Lipinski definition) is 4. The Hall–Kier alpha value is -2.28. The van der Waals surface area contributed by atoms with Crippen LogP contribution in [0.1, 0.15) is 13.8 Å². The van der Waals surface area contributed by atoms with Crippen LogP contribution in [0.25, 0.3) is 0 Å². The lowest BCUT2D eigenvalue weighted by molar-refractivity contribution is 0.340. The zero-order chi connectivity index (χ0) is 17.7. The molecule has 2 aromatic rings. The van der Waals surface area contributed by atoms with Crippen LogP contribution in [0.2, 0.25) is 0 Å². The zero-order valence-corrected chi connectivity index (χ0v) is 14.6. The molecule has 0 spiro atoms. The van der Waals surface area contributed by atoms with Crippen LogP contribution in [-0.2, 0) is 10.0 Å². The van der Waals surface area contributed by atoms with E-state index >= 15 is 0 Å². The standard InChI is InChI=1S/C17H20FNO4S/c1-4-19(13-6-8-14(9-7-13)23-5-2)24(20,21)15-10-11-17(22-3)16(18)12-15/h6-12H,4-5H2,1-3H3. The van der Waals surface area contributed by atoms with E-state index in [9.17, 15) is 12.8 Å². The fourth-order valence-corrected chi connectivity index (χ4v) is 3.79. The molecule has 0 aliphatic rings. The third-order valence-corrected chi connectivity index (χ3v) is 5.33. The Morgan fingerprint density at radius 2 is 1.75 bits per heavy atom. The molecule has 2 rings (SSSR count). The first-order chi connectivity index (χ1) is 11.4. The lowest BCUT2D eigenvalue weighted by Crippen LogP contribution is -2.30. The number of nitrogens with zero attached hydrogens (tertiary/aromatic N) is 1. The second-order valence-corrected chi connectivity index (χ2v) is 6.76. The number of sulfonamides is 1. The number of hydrogen-bond donors (Lipinski definition) is 0. The van der Waals surface area contributed by atoms with Crippen molar-refractivity contribution in [2.24, 2.45) is 0 Å². The molecule has 0 N–H and O–H groups in total. The van der Waals surface area contributed by atoms with Gasteiger partial charge in [-0.15, -0.1) is 0 Å². The van der Waals surface area contributed by atoms with Gasteiger partial charge in [-0.2, -0.15) is 0 Å². The summed E-state index contributed by atoms with van der Waals surface area (Å²) in [7, 11) is -2.56. The van der Waals surface area contributed by atoms with Gasteiger partial charge < -0.3 is 9.47 Å². The minimum absolute atomic E-state index is 0.00179. The van der Waals surface area contributed by atoms with E-state index in [1.54, 1.807) is 31.2 Å². The number of anilines is 1. The van der Waals surface area contributed by atoms with E-state index < -0.39 is 15.8 Å². The van der Waals surface area contributed by atoms with Crippen LogP contribution in [0.5, 0.6) is 11.5 Å². The van der Waals surface area contributed by atoms with Gasteiger partial charge in [-0.1, -0.05) is 0 Å². The molecule has 130 valence electrons. The first kappa shape index (κ1) is 18.1. The number of halogens is 1. The normalized spacial score (nSPS) is 11.2. The molecule has 0 atom stereocenters. The van der Waals surface area contributed by atoms with Gasteiger partial charge >= 0.3 is 0 Å². The molecule has 2 aromatic carbocycles. The molecule has 0 radical (unpaired) electrons. The minimum atomic E-state index is -3.88. The number of rotatable bonds is 7. The molecule has 0 saturated carbocycles. The van der Waals surface area contributed by atoms with Crippen LogP contribution < -0.4 is 13.8 Å². The van der Waals surface area contributed by atoms with Gasteiger partial charge in [0.25, 0.3) is 10.0 Å². The third-order valence-electron chi connectivity index (χ3n) is 3.43. The van der Waals surface area contributed by atoms with Crippen molar-refractivity contribution >= 4 is 15.7 Å². The molecule has 0 aliphatic heterocycles. The van der Waals surface area contributed by atoms with Gasteiger partial charge in [-0.05, 0) is 56.3 Å². The molecule has 0 bridgehead atoms.